The van der Waals surface area contributed by atoms with Crippen LogP contribution in [0.2, 0.25) is 0 Å². The Morgan fingerprint density at radius 1 is 1.07 bits per heavy atom. The van der Waals surface area contributed by atoms with Gasteiger partial charge in [-0.3, -0.25) is 4.79 Å². The van der Waals surface area contributed by atoms with Crippen LogP contribution >= 0.6 is 0 Å². The van der Waals surface area contributed by atoms with Crippen LogP contribution in [0, 0.1) is 0 Å². The van der Waals surface area contributed by atoms with Gasteiger partial charge in [-0.25, -0.2) is 8.42 Å². The van der Waals surface area contributed by atoms with Gasteiger partial charge in [0.2, 0.25) is 5.78 Å². The minimum atomic E-state index is -5.27. The molecule has 0 saturated carbocycles. The highest BCUT2D eigenvalue weighted by Gasteiger charge is 2.51. The molecule has 1 aliphatic rings. The molecular formula is C19H27F3NO3S2+. The van der Waals surface area contributed by atoms with Crippen LogP contribution in [0.15, 0.2) is 24.3 Å². The first-order valence-corrected chi connectivity index (χ1v) is 12.6. The fraction of sp³-hybridized carbons (Fsp3) is 0.632. The molecule has 1 fully saturated rings. The summed E-state index contributed by atoms with van der Waals surface area (Å²) in [5.74, 6) is 0.802. The third-order valence-corrected chi connectivity index (χ3v) is 8.64. The Morgan fingerprint density at radius 2 is 1.68 bits per heavy atom. The Balaban J connectivity index is 1.83. The van der Waals surface area contributed by atoms with Gasteiger partial charge in [-0.2, -0.15) is 17.5 Å². The number of carbonyl (C=O) groups is 1. The molecule has 0 aliphatic carbocycles. The molecule has 1 aliphatic heterocycles. The van der Waals surface area contributed by atoms with E-state index in [9.17, 15) is 26.4 Å². The molecular weight excluding hydrogens is 411 g/mol. The van der Waals surface area contributed by atoms with E-state index in [-0.39, 0.29) is 36.1 Å². The van der Waals surface area contributed by atoms with Crippen molar-refractivity contribution >= 4 is 26.7 Å². The molecule has 1 aromatic carbocycles. The second-order valence-electron chi connectivity index (χ2n) is 6.95. The van der Waals surface area contributed by atoms with Crippen molar-refractivity contribution in [3.8, 4) is 0 Å². The predicted molar refractivity (Wildman–Crippen MR) is 107 cm³/mol. The fourth-order valence-corrected chi connectivity index (χ4v) is 6.26. The van der Waals surface area contributed by atoms with Crippen molar-refractivity contribution in [2.45, 2.75) is 44.5 Å². The Labute approximate surface area is 167 Å². The number of carbonyl (C=O) groups excluding carboxylic acids is 1. The maximum atomic E-state index is 12.6. The number of rotatable bonds is 9. The number of unbranched alkanes of at least 4 members (excludes halogenated alkanes) is 3. The van der Waals surface area contributed by atoms with Crippen LogP contribution < -0.4 is 0 Å². The van der Waals surface area contributed by atoms with Crippen molar-refractivity contribution in [3.63, 3.8) is 0 Å². The summed E-state index contributed by atoms with van der Waals surface area (Å²) in [6, 6.07) is 7.54. The van der Waals surface area contributed by atoms with Crippen molar-refractivity contribution in [1.29, 1.82) is 0 Å². The molecule has 158 valence electrons. The van der Waals surface area contributed by atoms with Gasteiger partial charge in [0.25, 0.3) is 0 Å². The number of sulfonamides is 1. The molecule has 0 bridgehead atoms. The molecule has 0 N–H and O–H groups in total. The minimum absolute atomic E-state index is 0.0343. The van der Waals surface area contributed by atoms with E-state index in [1.165, 1.54) is 24.8 Å². The number of benzene rings is 1. The Bertz CT molecular complexity index is 741. The van der Waals surface area contributed by atoms with Crippen molar-refractivity contribution in [2.75, 3.05) is 30.3 Å². The predicted octanol–water partition coefficient (Wildman–Crippen LogP) is 3.78. The van der Waals surface area contributed by atoms with Crippen LogP contribution in [-0.2, 0) is 27.3 Å². The lowest BCUT2D eigenvalue weighted by atomic mass is 10.0. The number of aryl methyl sites for hydroxylation is 1. The van der Waals surface area contributed by atoms with E-state index in [0.29, 0.717) is 9.87 Å². The third kappa shape index (κ3) is 6.22. The quantitative estimate of drug-likeness (QED) is 0.335. The average molecular weight is 439 g/mol. The summed E-state index contributed by atoms with van der Waals surface area (Å²) in [4.78, 5) is 12.5. The smallest absolute Gasteiger partial charge is 0.289 e. The van der Waals surface area contributed by atoms with E-state index in [1.54, 1.807) is 0 Å². The summed E-state index contributed by atoms with van der Waals surface area (Å²) in [7, 11) is -5.66. The second kappa shape index (κ2) is 10.1. The van der Waals surface area contributed by atoms with Crippen LogP contribution in [0.25, 0.3) is 0 Å². The molecule has 1 aromatic rings. The van der Waals surface area contributed by atoms with Gasteiger partial charge in [0.15, 0.2) is 5.75 Å². The second-order valence-corrected chi connectivity index (χ2v) is 11.2. The first kappa shape index (κ1) is 23.2. The minimum Gasteiger partial charge on any atom is -0.289 e. The molecule has 0 amide bonds. The zero-order chi connectivity index (χ0) is 20.8. The van der Waals surface area contributed by atoms with Gasteiger partial charge in [-0.1, -0.05) is 50.5 Å². The van der Waals surface area contributed by atoms with E-state index >= 15 is 0 Å². The van der Waals surface area contributed by atoms with Gasteiger partial charge in [0.1, 0.15) is 11.5 Å². The lowest BCUT2D eigenvalue weighted by Gasteiger charge is -2.26. The number of halogens is 3. The van der Waals surface area contributed by atoms with Crippen molar-refractivity contribution in [2.24, 2.45) is 0 Å². The van der Waals surface area contributed by atoms with Crippen LogP contribution in [-0.4, -0.2) is 54.4 Å². The first-order valence-electron chi connectivity index (χ1n) is 9.48. The monoisotopic (exact) mass is 438 g/mol. The highest BCUT2D eigenvalue weighted by atomic mass is 32.2. The third-order valence-electron chi connectivity index (χ3n) is 4.82. The molecule has 28 heavy (non-hydrogen) atoms. The summed E-state index contributed by atoms with van der Waals surface area (Å²) >= 11 is 0. The number of hydrogen-bond acceptors (Lipinski definition) is 3. The molecule has 0 unspecified atom stereocenters. The topological polar surface area (TPSA) is 54.5 Å². The summed E-state index contributed by atoms with van der Waals surface area (Å²) in [6.07, 6.45) is 5.72. The van der Waals surface area contributed by atoms with Gasteiger partial charge >= 0.3 is 15.5 Å². The highest BCUT2D eigenvalue weighted by molar-refractivity contribution is 7.97. The normalized spacial score (nSPS) is 17.0. The lowest BCUT2D eigenvalue weighted by Crippen LogP contribution is -2.49. The zero-order valence-corrected chi connectivity index (χ0v) is 17.6. The molecule has 9 heteroatoms. The maximum absolute atomic E-state index is 12.6. The van der Waals surface area contributed by atoms with E-state index < -0.39 is 26.4 Å². The Kier molecular flexibility index (Phi) is 8.39. The first-order chi connectivity index (χ1) is 13.1. The van der Waals surface area contributed by atoms with Crippen LogP contribution in [0.3, 0.4) is 0 Å². The van der Waals surface area contributed by atoms with Gasteiger partial charge < -0.3 is 0 Å². The molecule has 0 radical (unpaired) electrons. The Morgan fingerprint density at radius 3 is 2.21 bits per heavy atom. The molecule has 1 heterocycles. The van der Waals surface area contributed by atoms with E-state index in [2.05, 4.69) is 6.92 Å². The largest absolute Gasteiger partial charge is 0.511 e. The van der Waals surface area contributed by atoms with Crippen molar-refractivity contribution < 1.29 is 26.4 Å². The van der Waals surface area contributed by atoms with Crippen LogP contribution in [0.4, 0.5) is 13.2 Å². The summed E-state index contributed by atoms with van der Waals surface area (Å²) in [5, 5.41) is 0. The number of nitrogens with zero attached hydrogens (tertiary/aromatic N) is 1. The fourth-order valence-electron chi connectivity index (χ4n) is 3.09. The lowest BCUT2D eigenvalue weighted by molar-refractivity contribution is -0.0487. The number of ketones is 1. The maximum Gasteiger partial charge on any atom is 0.511 e. The van der Waals surface area contributed by atoms with E-state index in [1.807, 2.05) is 24.3 Å². The molecule has 0 aromatic heterocycles. The van der Waals surface area contributed by atoms with Gasteiger partial charge in [0, 0.05) is 5.56 Å². The standard InChI is InChI=1S/C19H27F3NO3S2/c1-2-3-4-5-6-16-7-9-17(10-8-16)18(24)15-27-13-11-23(12-14-27)28(25,26)19(20,21)22/h7-10H,2-6,11-15H2,1H3/q+1. The van der Waals surface area contributed by atoms with Crippen molar-refractivity contribution in [1.82, 2.24) is 4.31 Å². The summed E-state index contributed by atoms with van der Waals surface area (Å²) in [5.41, 5.74) is -3.47. The van der Waals surface area contributed by atoms with Crippen LogP contribution in [0.5, 0.6) is 0 Å². The van der Waals surface area contributed by atoms with Crippen LogP contribution in [0.1, 0.15) is 48.5 Å². The van der Waals surface area contributed by atoms with E-state index in [0.717, 1.165) is 12.8 Å². The number of alkyl halides is 3. The SMILES string of the molecule is CCCCCCc1ccc(C(=O)C[S+]2CCN(S(=O)(=O)C(F)(F)F)CC2)cc1. The average Bonchev–Trinajstić information content (AvgIpc) is 2.65. The molecule has 4 nitrogen and oxygen atoms in total. The summed E-state index contributed by atoms with van der Waals surface area (Å²) in [6.45, 7) is 1.80. The summed E-state index contributed by atoms with van der Waals surface area (Å²) < 4.78 is 61.2. The highest BCUT2D eigenvalue weighted by Crippen LogP contribution is 2.28. The Hall–Kier alpha value is -1.06. The van der Waals surface area contributed by atoms with Crippen molar-refractivity contribution in [3.05, 3.63) is 35.4 Å². The molecule has 0 spiro atoms. The molecule has 1 saturated heterocycles. The van der Waals surface area contributed by atoms with E-state index in [4.69, 9.17) is 0 Å². The van der Waals surface area contributed by atoms with Gasteiger partial charge in [-0.05, 0) is 29.3 Å². The van der Waals surface area contributed by atoms with Gasteiger partial charge in [-0.15, -0.1) is 0 Å². The van der Waals surface area contributed by atoms with Gasteiger partial charge in [0.05, 0.1) is 13.1 Å². The molecule has 2 rings (SSSR count). The zero-order valence-electron chi connectivity index (χ0n) is 16.0. The number of Topliss-reactive ketones (excluding diaryl/α,β-unsaturated/α-hetero) is 1. The number of hydrogen-bond donors (Lipinski definition) is 0. The molecule has 0 atom stereocenters.